The molecule has 3 atom stereocenters. The number of β-lactam (4-membered cyclic amide) rings is 1. The number of alkyl halides is 1. The van der Waals surface area contributed by atoms with Gasteiger partial charge in [-0.15, -0.1) is 11.8 Å². The van der Waals surface area contributed by atoms with Gasteiger partial charge in [0.2, 0.25) is 5.91 Å². The number of hydrogen-bond acceptors (Lipinski definition) is 4. The van der Waals surface area contributed by atoms with Crippen molar-refractivity contribution in [1.29, 1.82) is 0 Å². The Morgan fingerprint density at radius 1 is 1.19 bits per heavy atom. The highest BCUT2D eigenvalue weighted by atomic mass is 79.9. The van der Waals surface area contributed by atoms with Crippen LogP contribution in [0.15, 0.2) is 60.7 Å². The fraction of sp³-hybridized carbons (Fsp3) is 0.333. The molecule has 0 saturated carbocycles. The number of ether oxygens (including phenoxy) is 1. The van der Waals surface area contributed by atoms with E-state index in [1.165, 1.54) is 0 Å². The molecule has 0 spiro atoms. The Balaban J connectivity index is 1.65. The number of rotatable bonds is 5. The molecule has 1 amide bonds. The van der Waals surface area contributed by atoms with E-state index in [1.807, 2.05) is 67.6 Å². The van der Waals surface area contributed by atoms with Crippen LogP contribution in [0.25, 0.3) is 0 Å². The minimum atomic E-state index is -0.581. The van der Waals surface area contributed by atoms with Crippen molar-refractivity contribution < 1.29 is 14.3 Å². The van der Waals surface area contributed by atoms with Crippen molar-refractivity contribution in [3.05, 3.63) is 71.8 Å². The van der Waals surface area contributed by atoms with E-state index in [0.29, 0.717) is 11.8 Å². The summed E-state index contributed by atoms with van der Waals surface area (Å²) in [5.41, 5.74) is 1.82. The van der Waals surface area contributed by atoms with Gasteiger partial charge < -0.3 is 9.64 Å². The Morgan fingerprint density at radius 2 is 1.74 bits per heavy atom. The van der Waals surface area contributed by atoms with Crippen molar-refractivity contribution in [1.82, 2.24) is 4.90 Å². The van der Waals surface area contributed by atoms with Crippen molar-refractivity contribution in [3.63, 3.8) is 0 Å². The molecule has 2 aromatic carbocycles. The maximum atomic E-state index is 13.3. The van der Waals surface area contributed by atoms with Gasteiger partial charge in [-0.2, -0.15) is 0 Å². The van der Waals surface area contributed by atoms with Crippen LogP contribution in [0, 0.1) is 0 Å². The van der Waals surface area contributed by atoms with E-state index in [-0.39, 0.29) is 17.3 Å². The van der Waals surface area contributed by atoms with E-state index in [9.17, 15) is 9.59 Å². The Bertz CT molecular complexity index is 808. The first kappa shape index (κ1) is 18.6. The predicted molar refractivity (Wildman–Crippen MR) is 110 cm³/mol. The van der Waals surface area contributed by atoms with Gasteiger partial charge >= 0.3 is 5.97 Å². The SMILES string of the molecule is C[C@@]1(CBr)SC2CC(=O)N2[C@H]1C(=O)OC(c1ccccc1)c1ccccc1. The third-order valence-electron chi connectivity index (χ3n) is 5.14. The molecular formula is C21H20BrNO3S. The molecule has 0 aliphatic carbocycles. The van der Waals surface area contributed by atoms with E-state index in [0.717, 1.165) is 11.1 Å². The summed E-state index contributed by atoms with van der Waals surface area (Å²) in [7, 11) is 0. The molecule has 2 heterocycles. The normalized spacial score (nSPS) is 26.6. The highest BCUT2D eigenvalue weighted by molar-refractivity contribution is 9.09. The molecule has 4 nitrogen and oxygen atoms in total. The van der Waals surface area contributed by atoms with Crippen LogP contribution in [0.4, 0.5) is 0 Å². The van der Waals surface area contributed by atoms with Gasteiger partial charge in [0, 0.05) is 5.33 Å². The number of fused-ring (bicyclic) bond motifs is 1. The lowest BCUT2D eigenvalue weighted by Crippen LogP contribution is -2.58. The molecule has 2 fully saturated rings. The van der Waals surface area contributed by atoms with E-state index in [1.54, 1.807) is 16.7 Å². The summed E-state index contributed by atoms with van der Waals surface area (Å²) in [6.07, 6.45) is -0.00224. The third-order valence-corrected chi connectivity index (χ3v) is 8.24. The molecule has 4 rings (SSSR count). The molecule has 140 valence electrons. The minimum Gasteiger partial charge on any atom is -0.451 e. The number of halogens is 1. The second-order valence-electron chi connectivity index (χ2n) is 7.06. The maximum Gasteiger partial charge on any atom is 0.331 e. The Labute approximate surface area is 171 Å². The molecule has 1 unspecified atom stereocenters. The van der Waals surface area contributed by atoms with Crippen LogP contribution in [0.3, 0.4) is 0 Å². The lowest BCUT2D eigenvalue weighted by atomic mass is 9.97. The second kappa shape index (κ2) is 7.32. The van der Waals surface area contributed by atoms with Crippen LogP contribution < -0.4 is 0 Å². The van der Waals surface area contributed by atoms with Gasteiger partial charge in [-0.25, -0.2) is 4.79 Å². The number of thioether (sulfide) groups is 1. The van der Waals surface area contributed by atoms with Gasteiger partial charge in [0.1, 0.15) is 6.04 Å². The van der Waals surface area contributed by atoms with Gasteiger partial charge in [-0.1, -0.05) is 76.6 Å². The monoisotopic (exact) mass is 445 g/mol. The molecule has 0 N–H and O–H groups in total. The number of esters is 1. The quantitative estimate of drug-likeness (QED) is 0.394. The average Bonchev–Trinajstić information content (AvgIpc) is 2.95. The van der Waals surface area contributed by atoms with Crippen molar-refractivity contribution in [2.24, 2.45) is 0 Å². The van der Waals surface area contributed by atoms with Crippen LogP contribution >= 0.6 is 27.7 Å². The lowest BCUT2D eigenvalue weighted by molar-refractivity contribution is -0.164. The van der Waals surface area contributed by atoms with Crippen LogP contribution in [0.5, 0.6) is 0 Å². The van der Waals surface area contributed by atoms with Crippen molar-refractivity contribution in [3.8, 4) is 0 Å². The number of amides is 1. The predicted octanol–water partition coefficient (Wildman–Crippen LogP) is 4.15. The minimum absolute atomic E-state index is 0.0232. The van der Waals surface area contributed by atoms with Crippen LogP contribution in [0.1, 0.15) is 30.6 Å². The zero-order valence-electron chi connectivity index (χ0n) is 14.9. The second-order valence-corrected chi connectivity index (χ2v) is 9.34. The number of benzene rings is 2. The molecule has 0 aromatic heterocycles. The molecule has 27 heavy (non-hydrogen) atoms. The van der Waals surface area contributed by atoms with E-state index in [4.69, 9.17) is 4.74 Å². The van der Waals surface area contributed by atoms with Gasteiger partial charge in [0.25, 0.3) is 0 Å². The van der Waals surface area contributed by atoms with Crippen LogP contribution in [-0.4, -0.2) is 38.3 Å². The largest absolute Gasteiger partial charge is 0.451 e. The maximum absolute atomic E-state index is 13.3. The van der Waals surface area contributed by atoms with E-state index < -0.39 is 16.9 Å². The molecule has 0 radical (unpaired) electrons. The fourth-order valence-electron chi connectivity index (χ4n) is 3.71. The standard InChI is InChI=1S/C21H20BrNO3S/c1-21(13-22)19(23-16(24)12-17(23)27-21)20(25)26-18(14-8-4-2-5-9-14)15-10-6-3-7-11-15/h2-11,17-19H,12-13H2,1H3/t17?,19-,21-/m0/s1. The average molecular weight is 446 g/mol. The fourth-order valence-corrected chi connectivity index (χ4v) is 6.02. The molecule has 2 saturated heterocycles. The first-order chi connectivity index (χ1) is 13.0. The van der Waals surface area contributed by atoms with Crippen molar-refractivity contribution in [2.45, 2.75) is 35.6 Å². The van der Waals surface area contributed by atoms with Crippen molar-refractivity contribution >= 4 is 39.6 Å². The number of carbonyl (C=O) groups is 2. The summed E-state index contributed by atoms with van der Waals surface area (Å²) < 4.78 is 5.64. The molecule has 0 bridgehead atoms. The Hall–Kier alpha value is -1.79. The van der Waals surface area contributed by atoms with Crippen LogP contribution in [-0.2, 0) is 14.3 Å². The summed E-state index contributed by atoms with van der Waals surface area (Å²) in [5.74, 6) is -0.326. The summed E-state index contributed by atoms with van der Waals surface area (Å²) >= 11 is 5.21. The van der Waals surface area contributed by atoms with E-state index in [2.05, 4.69) is 15.9 Å². The highest BCUT2D eigenvalue weighted by Crippen LogP contribution is 2.52. The highest BCUT2D eigenvalue weighted by Gasteiger charge is 2.60. The Morgan fingerprint density at radius 3 is 2.22 bits per heavy atom. The smallest absolute Gasteiger partial charge is 0.331 e. The summed E-state index contributed by atoms with van der Waals surface area (Å²) in [4.78, 5) is 27.1. The van der Waals surface area contributed by atoms with E-state index >= 15 is 0 Å². The zero-order chi connectivity index (χ0) is 19.0. The summed E-state index contributed by atoms with van der Waals surface area (Å²) in [6, 6.07) is 18.8. The first-order valence-electron chi connectivity index (χ1n) is 8.89. The molecule has 2 aromatic rings. The molecule has 2 aliphatic rings. The van der Waals surface area contributed by atoms with Crippen LogP contribution in [0.2, 0.25) is 0 Å². The number of carbonyl (C=O) groups excluding carboxylic acids is 2. The summed E-state index contributed by atoms with van der Waals surface area (Å²) in [5, 5.41) is 0.691. The molecular weight excluding hydrogens is 426 g/mol. The summed E-state index contributed by atoms with van der Waals surface area (Å²) in [6.45, 7) is 2.02. The van der Waals surface area contributed by atoms with Gasteiger partial charge in [0.15, 0.2) is 6.10 Å². The van der Waals surface area contributed by atoms with Gasteiger partial charge in [0.05, 0.1) is 16.5 Å². The number of nitrogens with zero attached hydrogens (tertiary/aromatic N) is 1. The molecule has 2 aliphatic heterocycles. The zero-order valence-corrected chi connectivity index (χ0v) is 17.3. The topological polar surface area (TPSA) is 46.6 Å². The molecule has 6 heteroatoms. The first-order valence-corrected chi connectivity index (χ1v) is 10.9. The Kier molecular flexibility index (Phi) is 5.03. The number of hydrogen-bond donors (Lipinski definition) is 0. The van der Waals surface area contributed by atoms with Gasteiger partial charge in [-0.05, 0) is 18.1 Å². The lowest BCUT2D eigenvalue weighted by Gasteiger charge is -2.38. The van der Waals surface area contributed by atoms with Gasteiger partial charge in [-0.3, -0.25) is 4.79 Å². The van der Waals surface area contributed by atoms with Crippen molar-refractivity contribution in [2.75, 3.05) is 5.33 Å². The third kappa shape index (κ3) is 3.29.